The van der Waals surface area contributed by atoms with Crippen molar-refractivity contribution in [3.63, 3.8) is 0 Å². The number of anilines is 3. The van der Waals surface area contributed by atoms with Crippen LogP contribution < -0.4 is 10.2 Å². The highest BCUT2D eigenvalue weighted by molar-refractivity contribution is 7.09. The van der Waals surface area contributed by atoms with E-state index in [0.717, 1.165) is 42.0 Å². The first kappa shape index (κ1) is 14.3. The van der Waals surface area contributed by atoms with E-state index in [-0.39, 0.29) is 0 Å². The molecule has 0 aliphatic carbocycles. The van der Waals surface area contributed by atoms with Gasteiger partial charge in [-0.2, -0.15) is 4.37 Å². The highest BCUT2D eigenvalue weighted by Crippen LogP contribution is 2.22. The van der Waals surface area contributed by atoms with Crippen LogP contribution in [-0.4, -0.2) is 27.4 Å². The fourth-order valence-corrected chi connectivity index (χ4v) is 3.09. The highest BCUT2D eigenvalue weighted by atomic mass is 32.1. The Bertz CT molecular complexity index is 572. The van der Waals surface area contributed by atoms with Gasteiger partial charge < -0.3 is 10.2 Å². The average molecular weight is 303 g/mol. The van der Waals surface area contributed by atoms with E-state index < -0.39 is 0 Å². The first-order valence-electron chi connectivity index (χ1n) is 7.51. The molecule has 3 heterocycles. The summed E-state index contributed by atoms with van der Waals surface area (Å²) in [7, 11) is 0. The van der Waals surface area contributed by atoms with Crippen LogP contribution in [0.2, 0.25) is 0 Å². The Kier molecular flexibility index (Phi) is 4.34. The van der Waals surface area contributed by atoms with Crippen LogP contribution in [0.4, 0.5) is 16.6 Å². The lowest BCUT2D eigenvalue weighted by atomic mass is 10.1. The summed E-state index contributed by atoms with van der Waals surface area (Å²) in [6.45, 7) is 6.59. The Hall–Kier alpha value is -1.69. The van der Waals surface area contributed by atoms with E-state index in [1.165, 1.54) is 24.4 Å². The summed E-state index contributed by atoms with van der Waals surface area (Å²) in [5.41, 5.74) is 0.963. The summed E-state index contributed by atoms with van der Waals surface area (Å²) in [5.74, 6) is 2.56. The molecule has 3 rings (SSSR count). The molecular weight excluding hydrogens is 282 g/mol. The van der Waals surface area contributed by atoms with Crippen molar-refractivity contribution in [3.8, 4) is 0 Å². The van der Waals surface area contributed by atoms with Gasteiger partial charge in [0.25, 0.3) is 0 Å². The summed E-state index contributed by atoms with van der Waals surface area (Å²) < 4.78 is 4.37. The summed E-state index contributed by atoms with van der Waals surface area (Å²) in [6.07, 6.45) is 5.33. The number of aromatic nitrogens is 3. The third kappa shape index (κ3) is 3.69. The predicted octanol–water partition coefficient (Wildman–Crippen LogP) is 3.48. The van der Waals surface area contributed by atoms with E-state index in [0.29, 0.717) is 5.92 Å². The second-order valence-electron chi connectivity index (χ2n) is 5.84. The first-order valence-corrected chi connectivity index (χ1v) is 8.28. The summed E-state index contributed by atoms with van der Waals surface area (Å²) in [6, 6.07) is 4.13. The van der Waals surface area contributed by atoms with Gasteiger partial charge >= 0.3 is 0 Å². The molecule has 1 fully saturated rings. The van der Waals surface area contributed by atoms with Gasteiger partial charge in [-0.15, -0.1) is 0 Å². The molecule has 21 heavy (non-hydrogen) atoms. The molecule has 0 bridgehead atoms. The van der Waals surface area contributed by atoms with Crippen LogP contribution in [0.3, 0.4) is 0 Å². The average Bonchev–Trinajstić information content (AvgIpc) is 3.11. The Morgan fingerprint density at radius 3 is 2.76 bits per heavy atom. The molecule has 2 aromatic heterocycles. The molecule has 0 radical (unpaired) electrons. The number of hydrogen-bond acceptors (Lipinski definition) is 6. The molecule has 0 aromatic carbocycles. The van der Waals surface area contributed by atoms with E-state index in [1.807, 2.05) is 6.20 Å². The van der Waals surface area contributed by atoms with Crippen molar-refractivity contribution < 1.29 is 0 Å². The van der Waals surface area contributed by atoms with Gasteiger partial charge in [-0.05, 0) is 30.9 Å². The Labute approximate surface area is 129 Å². The lowest BCUT2D eigenvalue weighted by molar-refractivity contribution is 0.627. The largest absolute Gasteiger partial charge is 0.357 e. The molecule has 0 atom stereocenters. The van der Waals surface area contributed by atoms with Crippen molar-refractivity contribution in [1.82, 2.24) is 14.3 Å². The van der Waals surface area contributed by atoms with Gasteiger partial charge in [-0.3, -0.25) is 0 Å². The number of pyridine rings is 1. The van der Waals surface area contributed by atoms with E-state index in [9.17, 15) is 0 Å². The maximum absolute atomic E-state index is 4.53. The molecule has 112 valence electrons. The molecule has 6 heteroatoms. The monoisotopic (exact) mass is 303 g/mol. The van der Waals surface area contributed by atoms with Crippen molar-refractivity contribution in [3.05, 3.63) is 24.2 Å². The molecule has 0 amide bonds. The minimum atomic E-state index is 0.578. The molecule has 1 N–H and O–H groups in total. The molecule has 2 aromatic rings. The van der Waals surface area contributed by atoms with Crippen molar-refractivity contribution in [2.45, 2.75) is 33.1 Å². The third-order valence-corrected chi connectivity index (χ3v) is 4.16. The van der Waals surface area contributed by atoms with E-state index in [1.54, 1.807) is 0 Å². The van der Waals surface area contributed by atoms with Crippen LogP contribution in [0, 0.1) is 5.92 Å². The minimum absolute atomic E-state index is 0.578. The second-order valence-corrected chi connectivity index (χ2v) is 6.59. The Balaban J connectivity index is 1.63. The van der Waals surface area contributed by atoms with Crippen molar-refractivity contribution >= 4 is 28.2 Å². The van der Waals surface area contributed by atoms with Crippen LogP contribution in [0.25, 0.3) is 0 Å². The quantitative estimate of drug-likeness (QED) is 0.916. The number of hydrogen-bond donors (Lipinski definition) is 1. The van der Waals surface area contributed by atoms with Gasteiger partial charge in [-0.25, -0.2) is 9.97 Å². The van der Waals surface area contributed by atoms with E-state index in [2.05, 4.69) is 50.5 Å². The van der Waals surface area contributed by atoms with E-state index in [4.69, 9.17) is 0 Å². The normalized spacial score (nSPS) is 14.9. The second kappa shape index (κ2) is 6.39. The SMILES string of the molecule is CC(C)Cc1nsc(Nc2ccc(N3CCCC3)nc2)n1. The zero-order valence-electron chi connectivity index (χ0n) is 12.5. The van der Waals surface area contributed by atoms with Gasteiger partial charge in [0.1, 0.15) is 11.6 Å². The van der Waals surface area contributed by atoms with Crippen LogP contribution in [0.5, 0.6) is 0 Å². The zero-order valence-corrected chi connectivity index (χ0v) is 13.4. The summed E-state index contributed by atoms with van der Waals surface area (Å²) >= 11 is 1.41. The lowest BCUT2D eigenvalue weighted by Crippen LogP contribution is -2.18. The summed E-state index contributed by atoms with van der Waals surface area (Å²) in [5, 5.41) is 4.11. The topological polar surface area (TPSA) is 53.9 Å². The smallest absolute Gasteiger partial charge is 0.207 e. The molecule has 5 nitrogen and oxygen atoms in total. The predicted molar refractivity (Wildman–Crippen MR) is 87.4 cm³/mol. The number of nitrogens with zero attached hydrogens (tertiary/aromatic N) is 4. The van der Waals surface area contributed by atoms with Gasteiger partial charge in [0.15, 0.2) is 0 Å². The van der Waals surface area contributed by atoms with Crippen molar-refractivity contribution in [2.75, 3.05) is 23.3 Å². The van der Waals surface area contributed by atoms with Gasteiger partial charge in [0, 0.05) is 31.0 Å². The molecule has 1 aliphatic heterocycles. The van der Waals surface area contributed by atoms with Crippen molar-refractivity contribution in [2.24, 2.45) is 5.92 Å². The van der Waals surface area contributed by atoms with Gasteiger partial charge in [0.05, 0.1) is 11.9 Å². The molecule has 1 aliphatic rings. The van der Waals surface area contributed by atoms with Crippen LogP contribution in [-0.2, 0) is 6.42 Å². The lowest BCUT2D eigenvalue weighted by Gasteiger charge is -2.16. The minimum Gasteiger partial charge on any atom is -0.357 e. The highest BCUT2D eigenvalue weighted by Gasteiger charge is 2.13. The standard InChI is InChI=1S/C15H21N5S/c1-11(2)9-13-18-15(21-19-13)17-12-5-6-14(16-10-12)20-7-3-4-8-20/h5-6,10-11H,3-4,7-9H2,1-2H3,(H,17,18,19). The molecular formula is C15H21N5S. The maximum atomic E-state index is 4.53. The van der Waals surface area contributed by atoms with Gasteiger partial charge in [-0.1, -0.05) is 13.8 Å². The van der Waals surface area contributed by atoms with Crippen LogP contribution in [0.1, 0.15) is 32.5 Å². The number of rotatable bonds is 5. The molecule has 1 saturated heterocycles. The summed E-state index contributed by atoms with van der Waals surface area (Å²) in [4.78, 5) is 11.4. The zero-order chi connectivity index (χ0) is 14.7. The number of nitrogens with one attached hydrogen (secondary N) is 1. The third-order valence-electron chi connectivity index (χ3n) is 3.49. The fraction of sp³-hybridized carbons (Fsp3) is 0.533. The van der Waals surface area contributed by atoms with Crippen LogP contribution >= 0.6 is 11.5 Å². The van der Waals surface area contributed by atoms with E-state index >= 15 is 0 Å². The molecule has 0 spiro atoms. The Morgan fingerprint density at radius 1 is 1.29 bits per heavy atom. The molecule has 0 saturated carbocycles. The maximum Gasteiger partial charge on any atom is 0.207 e. The first-order chi connectivity index (χ1) is 10.2. The Morgan fingerprint density at radius 2 is 2.10 bits per heavy atom. The van der Waals surface area contributed by atoms with Gasteiger partial charge in [0.2, 0.25) is 5.13 Å². The van der Waals surface area contributed by atoms with Crippen LogP contribution in [0.15, 0.2) is 18.3 Å². The van der Waals surface area contributed by atoms with Crippen molar-refractivity contribution in [1.29, 1.82) is 0 Å². The fourth-order valence-electron chi connectivity index (χ4n) is 2.47. The molecule has 0 unspecified atom stereocenters.